The van der Waals surface area contributed by atoms with Crippen LogP contribution in [0.1, 0.15) is 36.1 Å². The van der Waals surface area contributed by atoms with E-state index in [1.165, 1.54) is 6.26 Å². The molecule has 1 aliphatic rings. The Hall–Kier alpha value is -2.64. The van der Waals surface area contributed by atoms with Crippen molar-refractivity contribution in [1.82, 2.24) is 4.90 Å². The van der Waals surface area contributed by atoms with Crippen LogP contribution in [0.25, 0.3) is 0 Å². The first-order valence-electron chi connectivity index (χ1n) is 8.96. The zero-order chi connectivity index (χ0) is 19.4. The van der Waals surface area contributed by atoms with Gasteiger partial charge in [-0.2, -0.15) is 0 Å². The number of aliphatic hydroxyl groups is 1. The van der Waals surface area contributed by atoms with Crippen molar-refractivity contribution >= 4 is 17.5 Å². The average molecular weight is 372 g/mol. The summed E-state index contributed by atoms with van der Waals surface area (Å²) >= 11 is 0. The molecule has 1 aliphatic heterocycles. The lowest BCUT2D eigenvalue weighted by molar-refractivity contribution is -0.161. The van der Waals surface area contributed by atoms with Gasteiger partial charge in [-0.15, -0.1) is 0 Å². The number of nitrogens with one attached hydrogen (secondary N) is 1. The summed E-state index contributed by atoms with van der Waals surface area (Å²) in [5.41, 5.74) is 1.46. The van der Waals surface area contributed by atoms with Crippen LogP contribution >= 0.6 is 0 Å². The van der Waals surface area contributed by atoms with Gasteiger partial charge in [0.1, 0.15) is 12.7 Å². The van der Waals surface area contributed by atoms with Crippen LogP contribution in [0.15, 0.2) is 47.1 Å². The number of aliphatic hydroxyl groups excluding tert-OH is 1. The lowest BCUT2D eigenvalue weighted by Crippen LogP contribution is -2.53. The molecule has 0 aliphatic carbocycles. The number of carbonyl (C=O) groups excluding carboxylic acids is 2. The third-order valence-electron chi connectivity index (χ3n) is 4.45. The summed E-state index contributed by atoms with van der Waals surface area (Å²) in [6.45, 7) is 4.44. The van der Waals surface area contributed by atoms with Gasteiger partial charge in [-0.1, -0.05) is 26.0 Å². The van der Waals surface area contributed by atoms with Crippen LogP contribution in [-0.4, -0.2) is 47.6 Å². The molecule has 1 fully saturated rings. The van der Waals surface area contributed by atoms with Gasteiger partial charge >= 0.3 is 0 Å². The highest BCUT2D eigenvalue weighted by atomic mass is 16.5. The van der Waals surface area contributed by atoms with Gasteiger partial charge in [0.25, 0.3) is 5.91 Å². The summed E-state index contributed by atoms with van der Waals surface area (Å²) in [5.74, 6) is 0.0868. The van der Waals surface area contributed by atoms with Crippen molar-refractivity contribution in [3.63, 3.8) is 0 Å². The molecule has 0 saturated carbocycles. The van der Waals surface area contributed by atoms with Crippen molar-refractivity contribution < 1.29 is 23.8 Å². The van der Waals surface area contributed by atoms with Crippen molar-refractivity contribution in [3.05, 3.63) is 54.0 Å². The predicted molar refractivity (Wildman–Crippen MR) is 99.2 cm³/mol. The van der Waals surface area contributed by atoms with E-state index in [1.807, 2.05) is 26.0 Å². The number of hydrogen-bond donors (Lipinski definition) is 2. The maximum atomic E-state index is 12.2. The number of nitrogens with zero attached hydrogens (tertiary/aromatic N) is 1. The number of benzene rings is 1. The minimum absolute atomic E-state index is 0.00906. The van der Waals surface area contributed by atoms with Gasteiger partial charge in [0, 0.05) is 12.2 Å². The average Bonchev–Trinajstić information content (AvgIpc) is 3.18. The van der Waals surface area contributed by atoms with Gasteiger partial charge in [-0.3, -0.25) is 9.59 Å². The second kappa shape index (κ2) is 8.37. The molecule has 144 valence electrons. The molecule has 2 atom stereocenters. The molecule has 2 heterocycles. The van der Waals surface area contributed by atoms with Crippen molar-refractivity contribution in [2.45, 2.75) is 26.0 Å². The molecular formula is C20H24N2O5. The number of rotatable bonds is 6. The van der Waals surface area contributed by atoms with E-state index in [2.05, 4.69) is 5.32 Å². The van der Waals surface area contributed by atoms with Crippen LogP contribution in [0, 0.1) is 5.92 Å². The Balaban J connectivity index is 1.73. The van der Waals surface area contributed by atoms with Crippen LogP contribution in [0.2, 0.25) is 0 Å². The van der Waals surface area contributed by atoms with E-state index >= 15 is 0 Å². The van der Waals surface area contributed by atoms with Crippen molar-refractivity contribution in [2.75, 3.05) is 25.1 Å². The Morgan fingerprint density at radius 3 is 2.63 bits per heavy atom. The minimum atomic E-state index is -0.433. The smallest absolute Gasteiger partial charge is 0.291 e. The number of furan rings is 1. The van der Waals surface area contributed by atoms with E-state index in [0.29, 0.717) is 18.2 Å². The lowest BCUT2D eigenvalue weighted by atomic mass is 9.98. The Kier molecular flexibility index (Phi) is 5.93. The van der Waals surface area contributed by atoms with E-state index < -0.39 is 12.1 Å². The molecule has 1 aromatic heterocycles. The monoisotopic (exact) mass is 372 g/mol. The molecule has 2 N–H and O–H groups in total. The molecule has 7 nitrogen and oxygen atoms in total. The highest BCUT2D eigenvalue weighted by Crippen LogP contribution is 2.30. The predicted octanol–water partition coefficient (Wildman–Crippen LogP) is 2.45. The fraction of sp³-hybridized carbons (Fsp3) is 0.400. The summed E-state index contributed by atoms with van der Waals surface area (Å²) < 4.78 is 10.8. The number of carbonyl (C=O) groups is 2. The quantitative estimate of drug-likeness (QED) is 0.813. The van der Waals surface area contributed by atoms with Crippen LogP contribution < -0.4 is 5.32 Å². The van der Waals surface area contributed by atoms with E-state index in [4.69, 9.17) is 9.15 Å². The van der Waals surface area contributed by atoms with Crippen LogP contribution in [0.5, 0.6) is 0 Å². The van der Waals surface area contributed by atoms with Crippen LogP contribution in [0.4, 0.5) is 5.69 Å². The maximum absolute atomic E-state index is 12.2. The number of hydrogen-bond acceptors (Lipinski definition) is 5. The fourth-order valence-corrected chi connectivity index (χ4v) is 3.20. The third kappa shape index (κ3) is 4.37. The highest BCUT2D eigenvalue weighted by molar-refractivity contribution is 6.02. The molecule has 0 unspecified atom stereocenters. The number of morpholine rings is 1. The van der Waals surface area contributed by atoms with Gasteiger partial charge < -0.3 is 24.5 Å². The van der Waals surface area contributed by atoms with Gasteiger partial charge in [0.15, 0.2) is 5.76 Å². The van der Waals surface area contributed by atoms with E-state index in [1.54, 1.807) is 29.2 Å². The maximum Gasteiger partial charge on any atom is 0.291 e. The number of ether oxygens (including phenoxy) is 1. The molecule has 0 radical (unpaired) electrons. The van der Waals surface area contributed by atoms with Crippen molar-refractivity contribution in [1.29, 1.82) is 0 Å². The highest BCUT2D eigenvalue weighted by Gasteiger charge is 2.37. The Morgan fingerprint density at radius 1 is 1.30 bits per heavy atom. The van der Waals surface area contributed by atoms with Gasteiger partial charge in [0.2, 0.25) is 5.91 Å². The fourth-order valence-electron chi connectivity index (χ4n) is 3.20. The van der Waals surface area contributed by atoms with E-state index in [9.17, 15) is 14.7 Å². The first-order valence-corrected chi connectivity index (χ1v) is 8.96. The van der Waals surface area contributed by atoms with Gasteiger partial charge in [0.05, 0.1) is 18.9 Å². The SMILES string of the molecule is CC(C)CN1C(=O)CO[C@H](c2ccc(NC(=O)c3ccco3)cc2)[C@H]1CO. The molecule has 27 heavy (non-hydrogen) atoms. The first kappa shape index (κ1) is 19.1. The molecular weight excluding hydrogens is 348 g/mol. The second-order valence-electron chi connectivity index (χ2n) is 6.97. The van der Waals surface area contributed by atoms with Crippen molar-refractivity contribution in [2.24, 2.45) is 5.92 Å². The molecule has 1 aromatic carbocycles. The molecule has 7 heteroatoms. The summed E-state index contributed by atoms with van der Waals surface area (Å²) in [6, 6.07) is 9.98. The topological polar surface area (TPSA) is 92.0 Å². The standard InChI is InChI=1S/C20H24N2O5/c1-13(2)10-22-16(11-23)19(27-12-18(22)24)14-5-7-15(8-6-14)21-20(25)17-4-3-9-26-17/h3-9,13,16,19,23H,10-12H2,1-2H3,(H,21,25)/t16-,19-/m1/s1. The lowest BCUT2D eigenvalue weighted by Gasteiger charge is -2.41. The molecule has 2 amide bonds. The zero-order valence-corrected chi connectivity index (χ0v) is 15.4. The van der Waals surface area contributed by atoms with Crippen LogP contribution in [-0.2, 0) is 9.53 Å². The Labute approximate surface area is 157 Å². The summed E-state index contributed by atoms with van der Waals surface area (Å²) in [4.78, 5) is 25.9. The number of amides is 2. The summed E-state index contributed by atoms with van der Waals surface area (Å²) in [5, 5.41) is 12.6. The second-order valence-corrected chi connectivity index (χ2v) is 6.97. The Bertz CT molecular complexity index is 770. The molecule has 3 rings (SSSR count). The first-order chi connectivity index (χ1) is 13.0. The van der Waals surface area contributed by atoms with Crippen LogP contribution in [0.3, 0.4) is 0 Å². The molecule has 2 aromatic rings. The third-order valence-corrected chi connectivity index (χ3v) is 4.45. The largest absolute Gasteiger partial charge is 0.459 e. The summed E-state index contributed by atoms with van der Waals surface area (Å²) in [6.07, 6.45) is 1.03. The number of anilines is 1. The van der Waals surface area contributed by atoms with E-state index in [-0.39, 0.29) is 30.8 Å². The van der Waals surface area contributed by atoms with E-state index in [0.717, 1.165) is 5.56 Å². The Morgan fingerprint density at radius 2 is 2.04 bits per heavy atom. The van der Waals surface area contributed by atoms with Crippen molar-refractivity contribution in [3.8, 4) is 0 Å². The normalized spacial score (nSPS) is 20.1. The summed E-state index contributed by atoms with van der Waals surface area (Å²) in [7, 11) is 0. The zero-order valence-electron chi connectivity index (χ0n) is 15.4. The minimum Gasteiger partial charge on any atom is -0.459 e. The molecule has 0 bridgehead atoms. The van der Waals surface area contributed by atoms with Gasteiger partial charge in [-0.25, -0.2) is 0 Å². The molecule has 0 spiro atoms. The van der Waals surface area contributed by atoms with Gasteiger partial charge in [-0.05, 0) is 35.7 Å². The molecule has 1 saturated heterocycles.